The number of aromatic nitrogens is 1. The zero-order valence-corrected chi connectivity index (χ0v) is 18.0. The standard InChI is InChI=1S/C24H20N4O3S/c29-20(26-24-25-17-9-5-11-19(17)32-24)12-13-27-21-14-6-1-2-7-15(14)23(31)28(21)18-10-4-3-8-16(18)22(27)30/h1-4,6-8,10,21H,5,9,11-13H2,(H,25,26,29)/t21-/m1/s1. The molecule has 0 spiro atoms. The van der Waals surface area contributed by atoms with Gasteiger partial charge in [-0.1, -0.05) is 30.3 Å². The highest BCUT2D eigenvalue weighted by Gasteiger charge is 2.47. The van der Waals surface area contributed by atoms with Gasteiger partial charge in [-0.3, -0.25) is 19.3 Å². The number of carbonyl (C=O) groups is 3. The Labute approximate surface area is 188 Å². The molecule has 0 saturated heterocycles. The molecule has 1 N–H and O–H groups in total. The molecule has 0 fully saturated rings. The van der Waals surface area contributed by atoms with Gasteiger partial charge in [0.2, 0.25) is 5.91 Å². The second kappa shape index (κ2) is 7.27. The number of rotatable bonds is 4. The molecule has 3 amide bonds. The van der Waals surface area contributed by atoms with Crippen LogP contribution in [0.3, 0.4) is 0 Å². The van der Waals surface area contributed by atoms with Gasteiger partial charge in [-0.15, -0.1) is 11.3 Å². The number of hydrogen-bond acceptors (Lipinski definition) is 5. The Hall–Kier alpha value is -3.52. The summed E-state index contributed by atoms with van der Waals surface area (Å²) in [6, 6.07) is 14.5. The van der Waals surface area contributed by atoms with E-state index in [0.717, 1.165) is 30.5 Å². The summed E-state index contributed by atoms with van der Waals surface area (Å²) in [4.78, 5) is 48.3. The SMILES string of the molecule is O=C(CCN1C(=O)c2ccccc2N2C(=O)c3ccccc3[C@H]12)Nc1nc2c(s1)CCC2. The molecule has 3 aromatic rings. The minimum Gasteiger partial charge on any atom is -0.313 e. The van der Waals surface area contributed by atoms with E-state index in [1.54, 1.807) is 34.1 Å². The Morgan fingerprint density at radius 1 is 1.03 bits per heavy atom. The summed E-state index contributed by atoms with van der Waals surface area (Å²) in [5, 5.41) is 3.51. The summed E-state index contributed by atoms with van der Waals surface area (Å²) in [6.45, 7) is 0.201. The van der Waals surface area contributed by atoms with Crippen LogP contribution in [-0.4, -0.2) is 34.2 Å². The van der Waals surface area contributed by atoms with Crippen molar-refractivity contribution in [3.8, 4) is 0 Å². The van der Waals surface area contributed by atoms with E-state index in [-0.39, 0.29) is 30.7 Å². The fraction of sp³-hybridized carbons (Fsp3) is 0.250. The number of fused-ring (bicyclic) bond motifs is 6. The van der Waals surface area contributed by atoms with Gasteiger partial charge in [-0.05, 0) is 37.5 Å². The van der Waals surface area contributed by atoms with Crippen LogP contribution in [0.1, 0.15) is 55.9 Å². The van der Waals surface area contributed by atoms with Crippen LogP contribution < -0.4 is 10.2 Å². The van der Waals surface area contributed by atoms with Crippen LogP contribution in [0.2, 0.25) is 0 Å². The lowest BCUT2D eigenvalue weighted by molar-refractivity contribution is -0.116. The van der Waals surface area contributed by atoms with Crippen LogP contribution in [0, 0.1) is 0 Å². The van der Waals surface area contributed by atoms with Crippen molar-refractivity contribution in [3.05, 3.63) is 75.8 Å². The molecule has 7 nitrogen and oxygen atoms in total. The second-order valence-electron chi connectivity index (χ2n) is 8.19. The molecular weight excluding hydrogens is 424 g/mol. The summed E-state index contributed by atoms with van der Waals surface area (Å²) >= 11 is 1.53. The van der Waals surface area contributed by atoms with Gasteiger partial charge in [0.15, 0.2) is 5.13 Å². The van der Waals surface area contributed by atoms with Crippen LogP contribution >= 0.6 is 11.3 Å². The van der Waals surface area contributed by atoms with Crippen molar-refractivity contribution in [2.75, 3.05) is 16.8 Å². The molecule has 1 atom stereocenters. The maximum Gasteiger partial charge on any atom is 0.260 e. The minimum absolute atomic E-state index is 0.124. The maximum absolute atomic E-state index is 13.4. The van der Waals surface area contributed by atoms with Crippen LogP contribution in [0.15, 0.2) is 48.5 Å². The first-order chi connectivity index (χ1) is 15.6. The van der Waals surface area contributed by atoms with Gasteiger partial charge in [-0.25, -0.2) is 4.98 Å². The first-order valence-corrected chi connectivity index (χ1v) is 11.5. The average Bonchev–Trinajstić information content (AvgIpc) is 3.47. The first-order valence-electron chi connectivity index (χ1n) is 10.7. The van der Waals surface area contributed by atoms with Crippen molar-refractivity contribution in [1.82, 2.24) is 9.88 Å². The summed E-state index contributed by atoms with van der Waals surface area (Å²) in [5.74, 6) is -0.488. The quantitative estimate of drug-likeness (QED) is 0.664. The number of para-hydroxylation sites is 1. The number of aryl methyl sites for hydroxylation is 2. The van der Waals surface area contributed by atoms with Crippen LogP contribution in [0.25, 0.3) is 0 Å². The largest absolute Gasteiger partial charge is 0.313 e. The molecular formula is C24H20N4O3S. The third kappa shape index (κ3) is 2.86. The van der Waals surface area contributed by atoms with Crippen molar-refractivity contribution in [2.24, 2.45) is 0 Å². The summed E-state index contributed by atoms with van der Waals surface area (Å²) in [5.41, 5.74) is 3.55. The van der Waals surface area contributed by atoms with Gasteiger partial charge < -0.3 is 10.2 Å². The summed E-state index contributed by atoms with van der Waals surface area (Å²) in [7, 11) is 0. The lowest BCUT2D eigenvalue weighted by atomic mass is 10.0. The molecule has 0 radical (unpaired) electrons. The van der Waals surface area contributed by atoms with Gasteiger partial charge in [-0.2, -0.15) is 0 Å². The number of benzene rings is 2. The normalized spacial score (nSPS) is 18.3. The third-order valence-corrected chi connectivity index (χ3v) is 7.38. The topological polar surface area (TPSA) is 82.6 Å². The van der Waals surface area contributed by atoms with Gasteiger partial charge in [0.05, 0.1) is 16.9 Å². The zero-order valence-electron chi connectivity index (χ0n) is 17.2. The van der Waals surface area contributed by atoms with E-state index in [2.05, 4.69) is 10.3 Å². The number of nitrogens with one attached hydrogen (secondary N) is 1. The molecule has 2 aromatic carbocycles. The number of anilines is 2. The summed E-state index contributed by atoms with van der Waals surface area (Å²) < 4.78 is 0. The van der Waals surface area contributed by atoms with Gasteiger partial charge in [0.25, 0.3) is 11.8 Å². The van der Waals surface area contributed by atoms with E-state index in [4.69, 9.17) is 0 Å². The van der Waals surface area contributed by atoms with Gasteiger partial charge in [0.1, 0.15) is 6.17 Å². The molecule has 3 aliphatic rings. The minimum atomic E-state index is -0.544. The van der Waals surface area contributed by atoms with Crippen molar-refractivity contribution >= 4 is 39.9 Å². The summed E-state index contributed by atoms with van der Waals surface area (Å²) in [6.07, 6.45) is 2.69. The maximum atomic E-state index is 13.4. The van der Waals surface area contributed by atoms with E-state index < -0.39 is 6.17 Å². The van der Waals surface area contributed by atoms with Crippen molar-refractivity contribution in [3.63, 3.8) is 0 Å². The van der Waals surface area contributed by atoms with E-state index >= 15 is 0 Å². The highest BCUT2D eigenvalue weighted by molar-refractivity contribution is 7.15. The Morgan fingerprint density at radius 2 is 1.81 bits per heavy atom. The number of hydrogen-bond donors (Lipinski definition) is 1. The molecule has 1 aromatic heterocycles. The van der Waals surface area contributed by atoms with Crippen LogP contribution in [0.5, 0.6) is 0 Å². The van der Waals surface area contributed by atoms with E-state index in [1.165, 1.54) is 16.2 Å². The lowest BCUT2D eigenvalue weighted by Crippen LogP contribution is -2.48. The third-order valence-electron chi connectivity index (χ3n) is 6.30. The van der Waals surface area contributed by atoms with E-state index in [9.17, 15) is 14.4 Å². The number of thiazole rings is 1. The molecule has 1 aliphatic carbocycles. The first kappa shape index (κ1) is 19.2. The smallest absolute Gasteiger partial charge is 0.260 e. The number of carbonyl (C=O) groups excluding carboxylic acids is 3. The highest BCUT2D eigenvalue weighted by Crippen LogP contribution is 2.45. The molecule has 3 heterocycles. The Morgan fingerprint density at radius 3 is 2.66 bits per heavy atom. The Bertz CT molecular complexity index is 1260. The fourth-order valence-electron chi connectivity index (χ4n) is 4.85. The Kier molecular flexibility index (Phi) is 4.36. The molecule has 32 heavy (non-hydrogen) atoms. The van der Waals surface area contributed by atoms with Crippen molar-refractivity contribution < 1.29 is 14.4 Å². The predicted molar refractivity (Wildman–Crippen MR) is 121 cm³/mol. The highest BCUT2D eigenvalue weighted by atomic mass is 32.1. The monoisotopic (exact) mass is 444 g/mol. The van der Waals surface area contributed by atoms with Crippen molar-refractivity contribution in [1.29, 1.82) is 0 Å². The van der Waals surface area contributed by atoms with E-state index in [1.807, 2.05) is 24.3 Å². The second-order valence-corrected chi connectivity index (χ2v) is 9.28. The fourth-order valence-corrected chi connectivity index (χ4v) is 5.91. The molecule has 0 saturated carbocycles. The van der Waals surface area contributed by atoms with Gasteiger partial charge >= 0.3 is 0 Å². The van der Waals surface area contributed by atoms with Crippen LogP contribution in [0.4, 0.5) is 10.8 Å². The molecule has 160 valence electrons. The average molecular weight is 445 g/mol. The van der Waals surface area contributed by atoms with Crippen molar-refractivity contribution in [2.45, 2.75) is 31.8 Å². The number of amides is 3. The predicted octanol–water partition coefficient (Wildman–Crippen LogP) is 3.78. The molecule has 0 unspecified atom stereocenters. The zero-order chi connectivity index (χ0) is 21.8. The van der Waals surface area contributed by atoms with Crippen LogP contribution in [-0.2, 0) is 17.6 Å². The Balaban J connectivity index is 1.27. The number of nitrogens with zero attached hydrogens (tertiary/aromatic N) is 3. The molecule has 0 bridgehead atoms. The van der Waals surface area contributed by atoms with Gasteiger partial charge in [0, 0.05) is 29.0 Å². The lowest BCUT2D eigenvalue weighted by Gasteiger charge is -2.40. The van der Waals surface area contributed by atoms with E-state index in [0.29, 0.717) is 21.9 Å². The molecule has 2 aliphatic heterocycles. The molecule has 6 rings (SSSR count). The molecule has 8 heteroatoms.